The molecule has 1 saturated heterocycles. The molecule has 0 aromatic rings. The van der Waals surface area contributed by atoms with Crippen LogP contribution in [0.1, 0.15) is 78.6 Å². The van der Waals surface area contributed by atoms with Crippen molar-refractivity contribution < 1.29 is 19.1 Å². The molecule has 0 aliphatic carbocycles. The van der Waals surface area contributed by atoms with E-state index in [1.54, 1.807) is 0 Å². The van der Waals surface area contributed by atoms with Crippen LogP contribution in [0, 0.1) is 5.92 Å². The molecule has 23 heavy (non-hydrogen) atoms. The zero-order valence-electron chi connectivity index (χ0n) is 14.9. The lowest BCUT2D eigenvalue weighted by Gasteiger charge is -2.33. The summed E-state index contributed by atoms with van der Waals surface area (Å²) in [5.74, 6) is -0.490. The molecule has 1 fully saturated rings. The van der Waals surface area contributed by atoms with Crippen LogP contribution in [0.15, 0.2) is 12.2 Å². The van der Waals surface area contributed by atoms with Gasteiger partial charge in [0.25, 0.3) is 0 Å². The van der Waals surface area contributed by atoms with Crippen molar-refractivity contribution in [3.05, 3.63) is 12.2 Å². The summed E-state index contributed by atoms with van der Waals surface area (Å²) in [6.07, 6.45) is 12.1. The molecule has 0 amide bonds. The number of cyclic esters (lactones) is 1. The van der Waals surface area contributed by atoms with Gasteiger partial charge in [0.05, 0.1) is 18.9 Å². The molecule has 2 atom stereocenters. The Morgan fingerprint density at radius 2 is 2.00 bits per heavy atom. The molecule has 0 aromatic heterocycles. The van der Waals surface area contributed by atoms with Gasteiger partial charge >= 0.3 is 11.9 Å². The monoisotopic (exact) mass is 324 g/mol. The van der Waals surface area contributed by atoms with Crippen molar-refractivity contribution in [3.63, 3.8) is 0 Å². The van der Waals surface area contributed by atoms with Gasteiger partial charge in [0.15, 0.2) is 0 Å². The number of ether oxygens (including phenoxy) is 2. The number of carbonyl (C=O) groups excluding carboxylic acids is 2. The molecule has 1 aliphatic heterocycles. The molecule has 1 rings (SSSR count). The first-order chi connectivity index (χ1) is 11.0. The molecular formula is C19H32O4. The summed E-state index contributed by atoms with van der Waals surface area (Å²) in [6.45, 7) is 6.42. The highest BCUT2D eigenvalue weighted by atomic mass is 16.6. The lowest BCUT2D eigenvalue weighted by molar-refractivity contribution is -0.178. The Labute approximate surface area is 140 Å². The first-order valence-corrected chi connectivity index (χ1v) is 9.04. The minimum absolute atomic E-state index is 0.0608. The lowest BCUT2D eigenvalue weighted by atomic mass is 9.94. The van der Waals surface area contributed by atoms with Crippen molar-refractivity contribution in [1.82, 2.24) is 0 Å². The Balaban J connectivity index is 2.45. The molecule has 1 aliphatic rings. The first kappa shape index (κ1) is 19.7. The van der Waals surface area contributed by atoms with Crippen molar-refractivity contribution in [2.24, 2.45) is 5.92 Å². The molecule has 132 valence electrons. The van der Waals surface area contributed by atoms with E-state index in [2.05, 4.69) is 26.0 Å². The lowest BCUT2D eigenvalue weighted by Crippen LogP contribution is -2.41. The Morgan fingerprint density at radius 3 is 2.65 bits per heavy atom. The van der Waals surface area contributed by atoms with Gasteiger partial charge in [-0.3, -0.25) is 9.59 Å². The van der Waals surface area contributed by atoms with E-state index in [1.807, 2.05) is 6.92 Å². The van der Waals surface area contributed by atoms with Crippen LogP contribution in [-0.4, -0.2) is 24.1 Å². The Morgan fingerprint density at radius 1 is 1.26 bits per heavy atom. The van der Waals surface area contributed by atoms with E-state index in [4.69, 9.17) is 9.47 Å². The molecule has 0 bridgehead atoms. The molecule has 2 unspecified atom stereocenters. The molecule has 0 aromatic carbocycles. The third-order valence-electron chi connectivity index (χ3n) is 4.28. The minimum Gasteiger partial charge on any atom is -0.465 e. The normalized spacial score (nSPS) is 22.8. The van der Waals surface area contributed by atoms with Crippen molar-refractivity contribution in [2.45, 2.75) is 84.2 Å². The quantitative estimate of drug-likeness (QED) is 0.335. The van der Waals surface area contributed by atoms with Gasteiger partial charge in [-0.05, 0) is 39.0 Å². The van der Waals surface area contributed by atoms with Gasteiger partial charge in [0.1, 0.15) is 5.60 Å². The van der Waals surface area contributed by atoms with Gasteiger partial charge < -0.3 is 9.47 Å². The molecule has 4 heteroatoms. The third-order valence-corrected chi connectivity index (χ3v) is 4.28. The van der Waals surface area contributed by atoms with E-state index in [0.29, 0.717) is 13.0 Å². The predicted octanol–water partition coefficient (Wildman–Crippen LogP) is 4.57. The van der Waals surface area contributed by atoms with E-state index in [1.165, 1.54) is 6.42 Å². The number of hydrogen-bond acceptors (Lipinski definition) is 4. The van der Waals surface area contributed by atoms with Crippen LogP contribution in [0.5, 0.6) is 0 Å². The van der Waals surface area contributed by atoms with Crippen LogP contribution in [0.4, 0.5) is 0 Å². The fourth-order valence-corrected chi connectivity index (χ4v) is 2.85. The molecule has 0 spiro atoms. The fraction of sp³-hybridized carbons (Fsp3) is 0.789. The molecular weight excluding hydrogens is 292 g/mol. The molecule has 0 saturated carbocycles. The van der Waals surface area contributed by atoms with E-state index in [9.17, 15) is 9.59 Å². The van der Waals surface area contributed by atoms with Crippen molar-refractivity contribution >= 4 is 11.9 Å². The fourth-order valence-electron chi connectivity index (χ4n) is 2.85. The van der Waals surface area contributed by atoms with Crippen LogP contribution in [0.25, 0.3) is 0 Å². The van der Waals surface area contributed by atoms with E-state index in [0.717, 1.165) is 38.5 Å². The predicted molar refractivity (Wildman–Crippen MR) is 91.0 cm³/mol. The second-order valence-electron chi connectivity index (χ2n) is 6.69. The summed E-state index contributed by atoms with van der Waals surface area (Å²) < 4.78 is 10.6. The van der Waals surface area contributed by atoms with Gasteiger partial charge in [0.2, 0.25) is 0 Å². The van der Waals surface area contributed by atoms with Crippen molar-refractivity contribution in [2.75, 3.05) is 6.61 Å². The van der Waals surface area contributed by atoms with E-state index < -0.39 is 5.60 Å². The van der Waals surface area contributed by atoms with Crippen LogP contribution < -0.4 is 0 Å². The van der Waals surface area contributed by atoms with Crippen LogP contribution in [0.2, 0.25) is 0 Å². The van der Waals surface area contributed by atoms with Crippen molar-refractivity contribution in [1.29, 1.82) is 0 Å². The number of unbranched alkanes of at least 4 members (excludes halogenated alkanes) is 2. The van der Waals surface area contributed by atoms with Crippen molar-refractivity contribution in [3.8, 4) is 0 Å². The molecule has 1 heterocycles. The van der Waals surface area contributed by atoms with Gasteiger partial charge in [-0.25, -0.2) is 0 Å². The summed E-state index contributed by atoms with van der Waals surface area (Å²) >= 11 is 0. The number of hydrogen-bond donors (Lipinski definition) is 0. The summed E-state index contributed by atoms with van der Waals surface area (Å²) in [5.41, 5.74) is -0.695. The zero-order chi connectivity index (χ0) is 17.1. The highest BCUT2D eigenvalue weighted by molar-refractivity contribution is 5.75. The average molecular weight is 324 g/mol. The summed E-state index contributed by atoms with van der Waals surface area (Å²) in [7, 11) is 0. The maximum Gasteiger partial charge on any atom is 0.309 e. The SMILES string of the molecule is CCCC=CCCCC(CCC)C(=O)OC1(C)CCOC(=O)C1. The van der Waals surface area contributed by atoms with E-state index >= 15 is 0 Å². The first-order valence-electron chi connectivity index (χ1n) is 9.04. The summed E-state index contributed by atoms with van der Waals surface area (Å²) in [4.78, 5) is 23.9. The topological polar surface area (TPSA) is 52.6 Å². The second kappa shape index (κ2) is 10.5. The smallest absolute Gasteiger partial charge is 0.309 e. The zero-order valence-corrected chi connectivity index (χ0v) is 14.9. The number of carbonyl (C=O) groups is 2. The van der Waals surface area contributed by atoms with E-state index in [-0.39, 0.29) is 24.3 Å². The van der Waals surface area contributed by atoms with Crippen LogP contribution in [-0.2, 0) is 19.1 Å². The van der Waals surface area contributed by atoms with Crippen LogP contribution in [0.3, 0.4) is 0 Å². The minimum atomic E-state index is -0.695. The highest BCUT2D eigenvalue weighted by Gasteiger charge is 2.37. The van der Waals surface area contributed by atoms with Gasteiger partial charge in [-0.15, -0.1) is 0 Å². The van der Waals surface area contributed by atoms with Gasteiger partial charge in [-0.1, -0.05) is 38.8 Å². The highest BCUT2D eigenvalue weighted by Crippen LogP contribution is 2.28. The molecule has 0 N–H and O–H groups in total. The number of rotatable bonds is 10. The van der Waals surface area contributed by atoms with Gasteiger partial charge in [-0.2, -0.15) is 0 Å². The maximum atomic E-state index is 12.5. The Hall–Kier alpha value is -1.32. The number of allylic oxidation sites excluding steroid dienone is 2. The number of esters is 2. The Kier molecular flexibility index (Phi) is 8.97. The third kappa shape index (κ3) is 7.67. The molecule has 0 radical (unpaired) electrons. The molecule has 4 nitrogen and oxygen atoms in total. The average Bonchev–Trinajstić information content (AvgIpc) is 2.48. The maximum absolute atomic E-state index is 12.5. The van der Waals surface area contributed by atoms with Crippen LogP contribution >= 0.6 is 0 Å². The standard InChI is InChI=1S/C19H32O4/c1-4-6-7-8-9-10-12-16(11-5-2)18(21)23-19(3)13-14-22-17(20)15-19/h7-8,16H,4-6,9-15H2,1-3H3. The summed E-state index contributed by atoms with van der Waals surface area (Å²) in [6, 6.07) is 0. The van der Waals surface area contributed by atoms with Gasteiger partial charge in [0, 0.05) is 6.42 Å². The Bertz CT molecular complexity index is 402. The second-order valence-corrected chi connectivity index (χ2v) is 6.69. The summed E-state index contributed by atoms with van der Waals surface area (Å²) in [5, 5.41) is 0. The largest absolute Gasteiger partial charge is 0.465 e.